The molecule has 0 aromatic rings. The Kier molecular flexibility index (Phi) is 4.68. The number of amides is 2. The molecule has 0 aliphatic heterocycles. The lowest BCUT2D eigenvalue weighted by molar-refractivity contribution is 0.159. The van der Waals surface area contributed by atoms with E-state index in [-0.39, 0.29) is 11.6 Å². The quantitative estimate of drug-likeness (QED) is 0.736. The van der Waals surface area contributed by atoms with Gasteiger partial charge < -0.3 is 10.6 Å². The van der Waals surface area contributed by atoms with E-state index in [0.29, 0.717) is 11.5 Å². The standard InChI is InChI=1S/C15H30N2O/c1-14(2,3)11-7-9-12(10-8-11)16-13(18)17-15(4,5)6/h11-12H,7-10H2,1-6H3,(H2,16,17,18). The first-order chi connectivity index (χ1) is 8.08. The molecule has 0 aromatic heterocycles. The van der Waals surface area contributed by atoms with Gasteiger partial charge in [-0.15, -0.1) is 0 Å². The summed E-state index contributed by atoms with van der Waals surface area (Å²) in [6, 6.07) is 0.327. The van der Waals surface area contributed by atoms with Crippen molar-refractivity contribution in [1.82, 2.24) is 10.6 Å². The van der Waals surface area contributed by atoms with Crippen LogP contribution in [0.25, 0.3) is 0 Å². The van der Waals surface area contributed by atoms with Crippen molar-refractivity contribution in [2.24, 2.45) is 11.3 Å². The highest BCUT2D eigenvalue weighted by molar-refractivity contribution is 5.74. The monoisotopic (exact) mass is 254 g/mol. The normalized spacial score (nSPS) is 25.7. The molecule has 2 amide bonds. The summed E-state index contributed by atoms with van der Waals surface area (Å²) in [7, 11) is 0. The predicted molar refractivity (Wildman–Crippen MR) is 76.6 cm³/mol. The van der Waals surface area contributed by atoms with Gasteiger partial charge in [-0.05, 0) is 57.8 Å². The molecule has 0 radical (unpaired) electrons. The minimum absolute atomic E-state index is 0.0262. The van der Waals surface area contributed by atoms with Crippen LogP contribution in [0.3, 0.4) is 0 Å². The van der Waals surface area contributed by atoms with Gasteiger partial charge in [-0.25, -0.2) is 4.79 Å². The van der Waals surface area contributed by atoms with Crippen LogP contribution in [-0.2, 0) is 0 Å². The molecule has 1 rings (SSSR count). The third kappa shape index (κ3) is 5.28. The largest absolute Gasteiger partial charge is 0.335 e. The molecule has 3 nitrogen and oxygen atoms in total. The Bertz CT molecular complexity index is 278. The fourth-order valence-electron chi connectivity index (χ4n) is 2.67. The van der Waals surface area contributed by atoms with Crippen LogP contribution in [0.15, 0.2) is 0 Å². The molecule has 3 heteroatoms. The molecular formula is C15H30N2O. The van der Waals surface area contributed by atoms with Gasteiger partial charge in [-0.1, -0.05) is 20.8 Å². The molecule has 0 saturated heterocycles. The smallest absolute Gasteiger partial charge is 0.315 e. The third-order valence-corrected chi connectivity index (χ3v) is 3.78. The molecule has 1 aliphatic carbocycles. The van der Waals surface area contributed by atoms with Gasteiger partial charge in [0, 0.05) is 11.6 Å². The lowest BCUT2D eigenvalue weighted by Gasteiger charge is -2.37. The summed E-state index contributed by atoms with van der Waals surface area (Å²) in [4.78, 5) is 11.8. The van der Waals surface area contributed by atoms with Gasteiger partial charge in [-0.3, -0.25) is 0 Å². The van der Waals surface area contributed by atoms with Crippen molar-refractivity contribution in [3.63, 3.8) is 0 Å². The Labute approximate surface area is 112 Å². The fourth-order valence-corrected chi connectivity index (χ4v) is 2.67. The summed E-state index contributed by atoms with van der Waals surface area (Å²) < 4.78 is 0. The van der Waals surface area contributed by atoms with E-state index in [2.05, 4.69) is 31.4 Å². The zero-order chi connectivity index (χ0) is 14.0. The highest BCUT2D eigenvalue weighted by Gasteiger charge is 2.30. The minimum Gasteiger partial charge on any atom is -0.335 e. The van der Waals surface area contributed by atoms with Crippen LogP contribution in [0.5, 0.6) is 0 Å². The summed E-state index contributed by atoms with van der Waals surface area (Å²) >= 11 is 0. The summed E-state index contributed by atoms with van der Waals surface area (Å²) in [5, 5.41) is 6.06. The Morgan fingerprint density at radius 1 is 0.944 bits per heavy atom. The second-order valence-corrected chi connectivity index (χ2v) is 7.76. The van der Waals surface area contributed by atoms with E-state index in [4.69, 9.17) is 0 Å². The average Bonchev–Trinajstić information content (AvgIpc) is 2.13. The van der Waals surface area contributed by atoms with Crippen molar-refractivity contribution < 1.29 is 4.79 Å². The van der Waals surface area contributed by atoms with Crippen molar-refractivity contribution in [3.8, 4) is 0 Å². The molecule has 1 aliphatic rings. The van der Waals surface area contributed by atoms with Gasteiger partial charge in [0.2, 0.25) is 0 Å². The van der Waals surface area contributed by atoms with E-state index < -0.39 is 0 Å². The highest BCUT2D eigenvalue weighted by Crippen LogP contribution is 2.37. The van der Waals surface area contributed by atoms with Crippen molar-refractivity contribution >= 4 is 6.03 Å². The van der Waals surface area contributed by atoms with E-state index in [9.17, 15) is 4.79 Å². The van der Waals surface area contributed by atoms with Crippen molar-refractivity contribution in [2.75, 3.05) is 0 Å². The van der Waals surface area contributed by atoms with Gasteiger partial charge in [0.15, 0.2) is 0 Å². The molecule has 1 saturated carbocycles. The maximum atomic E-state index is 11.8. The number of carbonyl (C=O) groups is 1. The van der Waals surface area contributed by atoms with Crippen LogP contribution in [0, 0.1) is 11.3 Å². The first-order valence-corrected chi connectivity index (χ1v) is 7.16. The molecule has 106 valence electrons. The maximum Gasteiger partial charge on any atom is 0.315 e. The lowest BCUT2D eigenvalue weighted by Crippen LogP contribution is -2.50. The van der Waals surface area contributed by atoms with Crippen LogP contribution >= 0.6 is 0 Å². The number of rotatable bonds is 1. The third-order valence-electron chi connectivity index (χ3n) is 3.78. The van der Waals surface area contributed by atoms with Crippen LogP contribution in [-0.4, -0.2) is 17.6 Å². The zero-order valence-corrected chi connectivity index (χ0v) is 12.9. The van der Waals surface area contributed by atoms with Gasteiger partial charge >= 0.3 is 6.03 Å². The maximum absolute atomic E-state index is 11.8. The summed E-state index contributed by atoms with van der Waals surface area (Å²) in [6.07, 6.45) is 4.67. The number of nitrogens with one attached hydrogen (secondary N) is 2. The number of hydrogen-bond donors (Lipinski definition) is 2. The van der Waals surface area contributed by atoms with Crippen LogP contribution in [0.1, 0.15) is 67.2 Å². The molecule has 0 aromatic carbocycles. The van der Waals surface area contributed by atoms with Crippen LogP contribution in [0.4, 0.5) is 4.79 Å². The van der Waals surface area contributed by atoms with Crippen molar-refractivity contribution in [1.29, 1.82) is 0 Å². The second kappa shape index (κ2) is 5.50. The van der Waals surface area contributed by atoms with E-state index >= 15 is 0 Å². The molecule has 1 fully saturated rings. The Morgan fingerprint density at radius 2 is 1.44 bits per heavy atom. The molecule has 0 atom stereocenters. The van der Waals surface area contributed by atoms with Gasteiger partial charge in [-0.2, -0.15) is 0 Å². The topological polar surface area (TPSA) is 41.1 Å². The molecule has 0 heterocycles. The summed E-state index contributed by atoms with van der Waals surface area (Å²) in [5.74, 6) is 0.793. The predicted octanol–water partition coefficient (Wildman–Crippen LogP) is 3.69. The van der Waals surface area contributed by atoms with Crippen LogP contribution in [0.2, 0.25) is 0 Å². The minimum atomic E-state index is -0.160. The van der Waals surface area contributed by atoms with Gasteiger partial charge in [0.25, 0.3) is 0 Å². The molecule has 0 unspecified atom stereocenters. The van der Waals surface area contributed by atoms with E-state index in [0.717, 1.165) is 18.8 Å². The first kappa shape index (κ1) is 15.3. The SMILES string of the molecule is CC(C)(C)NC(=O)NC1CCC(C(C)(C)C)CC1. The Morgan fingerprint density at radius 3 is 1.83 bits per heavy atom. The molecule has 0 bridgehead atoms. The van der Waals surface area contributed by atoms with Crippen molar-refractivity contribution in [3.05, 3.63) is 0 Å². The van der Waals surface area contributed by atoms with Crippen molar-refractivity contribution in [2.45, 2.75) is 78.8 Å². The summed E-state index contributed by atoms with van der Waals surface area (Å²) in [6.45, 7) is 13.0. The van der Waals surface area contributed by atoms with Gasteiger partial charge in [0.05, 0.1) is 0 Å². The van der Waals surface area contributed by atoms with Crippen LogP contribution < -0.4 is 10.6 Å². The Balaban J connectivity index is 2.34. The van der Waals surface area contributed by atoms with Gasteiger partial charge in [0.1, 0.15) is 0 Å². The molecule has 0 spiro atoms. The number of urea groups is 1. The molecular weight excluding hydrogens is 224 g/mol. The zero-order valence-electron chi connectivity index (χ0n) is 12.9. The molecule has 18 heavy (non-hydrogen) atoms. The average molecular weight is 254 g/mol. The second-order valence-electron chi connectivity index (χ2n) is 7.76. The van der Waals surface area contributed by atoms with E-state index in [1.54, 1.807) is 0 Å². The molecule has 2 N–H and O–H groups in total. The lowest BCUT2D eigenvalue weighted by atomic mass is 9.71. The van der Waals surface area contributed by atoms with E-state index in [1.807, 2.05) is 20.8 Å². The first-order valence-electron chi connectivity index (χ1n) is 7.16. The highest BCUT2D eigenvalue weighted by atomic mass is 16.2. The number of hydrogen-bond acceptors (Lipinski definition) is 1. The summed E-state index contributed by atoms with van der Waals surface area (Å²) in [5.41, 5.74) is 0.241. The Hall–Kier alpha value is -0.730. The van der Waals surface area contributed by atoms with E-state index in [1.165, 1.54) is 12.8 Å². The fraction of sp³-hybridized carbons (Fsp3) is 0.933. The number of carbonyl (C=O) groups excluding carboxylic acids is 1.